The normalized spacial score (nSPS) is 16.9. The average Bonchev–Trinajstić information content (AvgIpc) is 2.26. The lowest BCUT2D eigenvalue weighted by atomic mass is 9.96. The van der Waals surface area contributed by atoms with Gasteiger partial charge in [0, 0.05) is 23.8 Å². The van der Waals surface area contributed by atoms with Crippen LogP contribution in [0.25, 0.3) is 0 Å². The molecule has 3 N–H and O–H groups in total. The summed E-state index contributed by atoms with van der Waals surface area (Å²) in [6, 6.07) is 0.152. The molecule has 0 saturated heterocycles. The van der Waals surface area contributed by atoms with Gasteiger partial charge in [0.1, 0.15) is 12.1 Å². The number of fused-ring (bicyclic) bond motifs is 1. The van der Waals surface area contributed by atoms with E-state index >= 15 is 0 Å². The average molecular weight is 206 g/mol. The molecule has 1 atom stereocenters. The second-order valence-electron chi connectivity index (χ2n) is 4.21. The van der Waals surface area contributed by atoms with Gasteiger partial charge in [-0.1, -0.05) is 0 Å². The number of hydrogen-bond acceptors (Lipinski definition) is 4. The SMILES string of the molecule is CC(N)CNc1ncnc2c1CCCC2. The van der Waals surface area contributed by atoms with Crippen molar-refractivity contribution in [1.29, 1.82) is 0 Å². The Kier molecular flexibility index (Phi) is 3.16. The van der Waals surface area contributed by atoms with Gasteiger partial charge in [0.15, 0.2) is 0 Å². The molecule has 15 heavy (non-hydrogen) atoms. The third-order valence-electron chi connectivity index (χ3n) is 2.72. The Morgan fingerprint density at radius 1 is 1.40 bits per heavy atom. The van der Waals surface area contributed by atoms with E-state index in [4.69, 9.17) is 5.73 Å². The number of aryl methyl sites for hydroxylation is 1. The predicted octanol–water partition coefficient (Wildman–Crippen LogP) is 1.11. The minimum Gasteiger partial charge on any atom is -0.368 e. The molecule has 1 aliphatic carbocycles. The van der Waals surface area contributed by atoms with Gasteiger partial charge in [0.25, 0.3) is 0 Å². The van der Waals surface area contributed by atoms with Crippen molar-refractivity contribution in [1.82, 2.24) is 9.97 Å². The zero-order valence-electron chi connectivity index (χ0n) is 9.16. The molecule has 0 aliphatic heterocycles. The number of aromatic nitrogens is 2. The molecule has 2 rings (SSSR count). The Labute approximate surface area is 90.3 Å². The summed E-state index contributed by atoms with van der Waals surface area (Å²) in [6.45, 7) is 2.75. The van der Waals surface area contributed by atoms with Crippen molar-refractivity contribution in [2.45, 2.75) is 38.6 Å². The van der Waals surface area contributed by atoms with Crippen molar-refractivity contribution in [3.63, 3.8) is 0 Å². The van der Waals surface area contributed by atoms with Crippen LogP contribution >= 0.6 is 0 Å². The van der Waals surface area contributed by atoms with Crippen LogP contribution in [0.1, 0.15) is 31.0 Å². The summed E-state index contributed by atoms with van der Waals surface area (Å²) in [4.78, 5) is 8.61. The fraction of sp³-hybridized carbons (Fsp3) is 0.636. The Bertz CT molecular complexity index is 335. The lowest BCUT2D eigenvalue weighted by molar-refractivity contribution is 0.661. The van der Waals surface area contributed by atoms with Gasteiger partial charge in [-0.25, -0.2) is 9.97 Å². The fourth-order valence-electron chi connectivity index (χ4n) is 1.93. The first-order chi connectivity index (χ1) is 7.27. The third kappa shape index (κ3) is 2.45. The van der Waals surface area contributed by atoms with Crippen molar-refractivity contribution in [2.24, 2.45) is 5.73 Å². The predicted molar refractivity (Wildman–Crippen MR) is 60.8 cm³/mol. The van der Waals surface area contributed by atoms with Crippen molar-refractivity contribution >= 4 is 5.82 Å². The van der Waals surface area contributed by atoms with Crippen LogP contribution in [0, 0.1) is 0 Å². The van der Waals surface area contributed by atoms with Crippen LogP contribution in [-0.4, -0.2) is 22.6 Å². The van der Waals surface area contributed by atoms with Crippen LogP contribution in [0.5, 0.6) is 0 Å². The van der Waals surface area contributed by atoms with Crippen molar-refractivity contribution in [2.75, 3.05) is 11.9 Å². The zero-order valence-corrected chi connectivity index (χ0v) is 9.16. The Morgan fingerprint density at radius 2 is 2.20 bits per heavy atom. The first-order valence-electron chi connectivity index (χ1n) is 5.59. The molecule has 0 amide bonds. The van der Waals surface area contributed by atoms with Gasteiger partial charge in [-0.15, -0.1) is 0 Å². The third-order valence-corrected chi connectivity index (χ3v) is 2.72. The highest BCUT2D eigenvalue weighted by Crippen LogP contribution is 2.24. The molecule has 0 spiro atoms. The molecule has 1 aromatic heterocycles. The highest BCUT2D eigenvalue weighted by molar-refractivity contribution is 5.47. The molecule has 1 aliphatic rings. The maximum atomic E-state index is 5.71. The zero-order chi connectivity index (χ0) is 10.7. The summed E-state index contributed by atoms with van der Waals surface area (Å²) < 4.78 is 0. The fourth-order valence-corrected chi connectivity index (χ4v) is 1.93. The quantitative estimate of drug-likeness (QED) is 0.777. The molecule has 82 valence electrons. The number of nitrogens with two attached hydrogens (primary N) is 1. The van der Waals surface area contributed by atoms with Gasteiger partial charge in [0.2, 0.25) is 0 Å². The smallest absolute Gasteiger partial charge is 0.132 e. The van der Waals surface area contributed by atoms with Gasteiger partial charge in [0.05, 0.1) is 0 Å². The minimum absolute atomic E-state index is 0.152. The first-order valence-corrected chi connectivity index (χ1v) is 5.59. The molecule has 4 heteroatoms. The molecule has 0 radical (unpaired) electrons. The number of anilines is 1. The molecule has 0 bridgehead atoms. The van der Waals surface area contributed by atoms with E-state index in [-0.39, 0.29) is 6.04 Å². The lowest BCUT2D eigenvalue weighted by Gasteiger charge is -2.18. The van der Waals surface area contributed by atoms with Crippen LogP contribution < -0.4 is 11.1 Å². The molecule has 1 unspecified atom stereocenters. The number of nitrogens with zero attached hydrogens (tertiary/aromatic N) is 2. The van der Waals surface area contributed by atoms with Crippen LogP contribution in [-0.2, 0) is 12.8 Å². The topological polar surface area (TPSA) is 63.8 Å². The van der Waals surface area contributed by atoms with Crippen molar-refractivity contribution in [3.8, 4) is 0 Å². The van der Waals surface area contributed by atoms with Gasteiger partial charge >= 0.3 is 0 Å². The molecular formula is C11H18N4. The molecule has 1 aromatic rings. The molecule has 0 aromatic carbocycles. The van der Waals surface area contributed by atoms with Gasteiger partial charge in [-0.2, -0.15) is 0 Å². The van der Waals surface area contributed by atoms with E-state index < -0.39 is 0 Å². The second kappa shape index (κ2) is 4.57. The molecule has 1 heterocycles. The monoisotopic (exact) mass is 206 g/mol. The van der Waals surface area contributed by atoms with Crippen LogP contribution in [0.3, 0.4) is 0 Å². The summed E-state index contributed by atoms with van der Waals surface area (Å²) in [7, 11) is 0. The van der Waals surface area contributed by atoms with Crippen LogP contribution in [0.2, 0.25) is 0 Å². The Hall–Kier alpha value is -1.16. The largest absolute Gasteiger partial charge is 0.368 e. The van der Waals surface area contributed by atoms with E-state index in [0.717, 1.165) is 25.2 Å². The van der Waals surface area contributed by atoms with Gasteiger partial charge in [-0.3, -0.25) is 0 Å². The second-order valence-corrected chi connectivity index (χ2v) is 4.21. The highest BCUT2D eigenvalue weighted by atomic mass is 15.0. The van der Waals surface area contributed by atoms with E-state index in [1.165, 1.54) is 24.1 Å². The van der Waals surface area contributed by atoms with E-state index in [0.29, 0.717) is 0 Å². The van der Waals surface area contributed by atoms with E-state index in [1.807, 2.05) is 6.92 Å². The van der Waals surface area contributed by atoms with Crippen molar-refractivity contribution < 1.29 is 0 Å². The Morgan fingerprint density at radius 3 is 3.00 bits per heavy atom. The Balaban J connectivity index is 2.16. The van der Waals surface area contributed by atoms with Gasteiger partial charge < -0.3 is 11.1 Å². The highest BCUT2D eigenvalue weighted by Gasteiger charge is 2.14. The maximum absolute atomic E-state index is 5.71. The lowest BCUT2D eigenvalue weighted by Crippen LogP contribution is -2.26. The molecular weight excluding hydrogens is 188 g/mol. The van der Waals surface area contributed by atoms with Crippen LogP contribution in [0.15, 0.2) is 6.33 Å². The summed E-state index contributed by atoms with van der Waals surface area (Å²) in [5.41, 5.74) is 8.22. The number of nitrogens with one attached hydrogen (secondary N) is 1. The minimum atomic E-state index is 0.152. The van der Waals surface area contributed by atoms with Crippen LogP contribution in [0.4, 0.5) is 5.82 Å². The standard InChI is InChI=1S/C11H18N4/c1-8(12)6-13-11-9-4-2-3-5-10(9)14-7-15-11/h7-8H,2-6,12H2,1H3,(H,13,14,15). The van der Waals surface area contributed by atoms with Crippen molar-refractivity contribution in [3.05, 3.63) is 17.6 Å². The summed E-state index contributed by atoms with van der Waals surface area (Å²) in [5.74, 6) is 0.983. The number of hydrogen-bond donors (Lipinski definition) is 2. The molecule has 0 fully saturated rings. The molecule has 4 nitrogen and oxygen atoms in total. The van der Waals surface area contributed by atoms with E-state index in [1.54, 1.807) is 6.33 Å². The first kappa shape index (κ1) is 10.4. The number of rotatable bonds is 3. The summed E-state index contributed by atoms with van der Waals surface area (Å²) in [6.07, 6.45) is 6.32. The summed E-state index contributed by atoms with van der Waals surface area (Å²) in [5, 5.41) is 3.30. The maximum Gasteiger partial charge on any atom is 0.132 e. The van der Waals surface area contributed by atoms with Gasteiger partial charge in [-0.05, 0) is 32.6 Å². The van der Waals surface area contributed by atoms with E-state index in [9.17, 15) is 0 Å². The summed E-state index contributed by atoms with van der Waals surface area (Å²) >= 11 is 0. The van der Waals surface area contributed by atoms with E-state index in [2.05, 4.69) is 15.3 Å². The molecule has 0 saturated carbocycles.